The van der Waals surface area contributed by atoms with Gasteiger partial charge in [0.1, 0.15) is 12.4 Å². The Morgan fingerprint density at radius 2 is 2.00 bits per heavy atom. The fourth-order valence-electron chi connectivity index (χ4n) is 1.30. The Kier molecular flexibility index (Phi) is 4.86. The van der Waals surface area contributed by atoms with E-state index in [1.807, 2.05) is 0 Å². The molecule has 1 aromatic carbocycles. The van der Waals surface area contributed by atoms with Crippen LogP contribution in [-0.4, -0.2) is 32.0 Å². The van der Waals surface area contributed by atoms with Crippen LogP contribution >= 0.6 is 0 Å². The molecule has 0 saturated heterocycles. The number of hydrogen-bond acceptors (Lipinski definition) is 5. The maximum atomic E-state index is 10.5. The Morgan fingerprint density at radius 1 is 1.35 bits per heavy atom. The van der Waals surface area contributed by atoms with Crippen LogP contribution in [0.5, 0.6) is 5.75 Å². The summed E-state index contributed by atoms with van der Waals surface area (Å²) in [5, 5.41) is 10.5. The molecule has 0 aliphatic heterocycles. The van der Waals surface area contributed by atoms with E-state index in [0.717, 1.165) is 0 Å². The standard InChI is InChI=1S/C11H15NO5/c1-8-6-9(12(13)14)4-5-10(8)17-7-11(15-2)16-3/h4-6,11H,7H2,1-3H3. The monoisotopic (exact) mass is 241 g/mol. The van der Waals surface area contributed by atoms with E-state index < -0.39 is 11.2 Å². The van der Waals surface area contributed by atoms with Gasteiger partial charge in [-0.25, -0.2) is 0 Å². The van der Waals surface area contributed by atoms with E-state index in [1.54, 1.807) is 13.0 Å². The van der Waals surface area contributed by atoms with Crippen molar-refractivity contribution in [3.63, 3.8) is 0 Å². The molecule has 0 radical (unpaired) electrons. The Bertz CT molecular complexity index is 389. The van der Waals surface area contributed by atoms with E-state index in [9.17, 15) is 10.1 Å². The number of non-ortho nitro benzene ring substituents is 1. The average Bonchev–Trinajstić information content (AvgIpc) is 2.31. The lowest BCUT2D eigenvalue weighted by Crippen LogP contribution is -2.22. The molecule has 0 amide bonds. The minimum Gasteiger partial charge on any atom is -0.488 e. The van der Waals surface area contributed by atoms with Crippen molar-refractivity contribution in [3.8, 4) is 5.75 Å². The van der Waals surface area contributed by atoms with Gasteiger partial charge in [-0.2, -0.15) is 0 Å². The first-order valence-electron chi connectivity index (χ1n) is 5.02. The van der Waals surface area contributed by atoms with Gasteiger partial charge in [0.25, 0.3) is 5.69 Å². The van der Waals surface area contributed by atoms with Gasteiger partial charge in [0.05, 0.1) is 4.92 Å². The van der Waals surface area contributed by atoms with Crippen molar-refractivity contribution < 1.29 is 19.1 Å². The number of nitro benzene ring substituents is 1. The summed E-state index contributed by atoms with van der Waals surface area (Å²) in [6, 6.07) is 4.43. The van der Waals surface area contributed by atoms with Crippen molar-refractivity contribution in [3.05, 3.63) is 33.9 Å². The lowest BCUT2D eigenvalue weighted by molar-refractivity contribution is -0.384. The van der Waals surface area contributed by atoms with Crippen LogP contribution in [0.1, 0.15) is 5.56 Å². The second kappa shape index (κ2) is 6.17. The normalized spacial score (nSPS) is 10.6. The first kappa shape index (κ1) is 13.4. The van der Waals surface area contributed by atoms with E-state index in [-0.39, 0.29) is 12.3 Å². The molecule has 0 aliphatic carbocycles. The number of nitro groups is 1. The van der Waals surface area contributed by atoms with Crippen LogP contribution in [0.25, 0.3) is 0 Å². The Hall–Kier alpha value is -1.66. The number of methoxy groups -OCH3 is 2. The van der Waals surface area contributed by atoms with Crippen LogP contribution < -0.4 is 4.74 Å². The zero-order valence-electron chi connectivity index (χ0n) is 10.0. The highest BCUT2D eigenvalue weighted by atomic mass is 16.7. The van der Waals surface area contributed by atoms with Crippen molar-refractivity contribution in [1.29, 1.82) is 0 Å². The second-order valence-corrected chi connectivity index (χ2v) is 3.42. The third-order valence-corrected chi connectivity index (χ3v) is 2.27. The van der Waals surface area contributed by atoms with Gasteiger partial charge in [-0.05, 0) is 18.6 Å². The summed E-state index contributed by atoms with van der Waals surface area (Å²) < 4.78 is 15.4. The zero-order chi connectivity index (χ0) is 12.8. The molecule has 0 unspecified atom stereocenters. The average molecular weight is 241 g/mol. The third kappa shape index (κ3) is 3.69. The van der Waals surface area contributed by atoms with Crippen LogP contribution in [-0.2, 0) is 9.47 Å². The Morgan fingerprint density at radius 3 is 2.47 bits per heavy atom. The summed E-state index contributed by atoms with van der Waals surface area (Å²) in [5.74, 6) is 0.578. The molecule has 1 aromatic rings. The molecule has 0 atom stereocenters. The summed E-state index contributed by atoms with van der Waals surface area (Å²) in [6.45, 7) is 1.97. The van der Waals surface area contributed by atoms with E-state index in [2.05, 4.69) is 0 Å². The highest BCUT2D eigenvalue weighted by molar-refractivity contribution is 5.42. The highest BCUT2D eigenvalue weighted by Gasteiger charge is 2.11. The van der Waals surface area contributed by atoms with Crippen LogP contribution in [0.2, 0.25) is 0 Å². The van der Waals surface area contributed by atoms with Gasteiger partial charge in [-0.1, -0.05) is 0 Å². The van der Waals surface area contributed by atoms with Gasteiger partial charge in [0.2, 0.25) is 0 Å². The predicted octanol–water partition coefficient (Wildman–Crippen LogP) is 1.90. The van der Waals surface area contributed by atoms with Crippen LogP contribution in [0.15, 0.2) is 18.2 Å². The van der Waals surface area contributed by atoms with E-state index in [4.69, 9.17) is 14.2 Å². The SMILES string of the molecule is COC(COc1ccc([N+](=O)[O-])cc1C)OC. The summed E-state index contributed by atoms with van der Waals surface area (Å²) in [5.41, 5.74) is 0.745. The number of ether oxygens (including phenoxy) is 3. The predicted molar refractivity (Wildman–Crippen MR) is 61.1 cm³/mol. The molecule has 0 bridgehead atoms. The molecule has 1 rings (SSSR count). The second-order valence-electron chi connectivity index (χ2n) is 3.42. The molecule has 0 spiro atoms. The molecular formula is C11H15NO5. The number of hydrogen-bond donors (Lipinski definition) is 0. The van der Waals surface area contributed by atoms with Gasteiger partial charge in [0, 0.05) is 26.4 Å². The quantitative estimate of drug-likeness (QED) is 0.432. The minimum atomic E-state index is -0.454. The zero-order valence-corrected chi connectivity index (χ0v) is 10.0. The number of benzene rings is 1. The molecule has 0 heterocycles. The Labute approximate surface area is 99.2 Å². The van der Waals surface area contributed by atoms with Crippen molar-refractivity contribution in [2.45, 2.75) is 13.2 Å². The maximum absolute atomic E-state index is 10.5. The first-order chi connectivity index (χ1) is 8.08. The van der Waals surface area contributed by atoms with Gasteiger partial charge in [-0.15, -0.1) is 0 Å². The van der Waals surface area contributed by atoms with Gasteiger partial charge >= 0.3 is 0 Å². The number of rotatable bonds is 6. The molecule has 17 heavy (non-hydrogen) atoms. The minimum absolute atomic E-state index is 0.0462. The molecule has 0 N–H and O–H groups in total. The van der Waals surface area contributed by atoms with E-state index in [0.29, 0.717) is 11.3 Å². The van der Waals surface area contributed by atoms with Gasteiger partial charge in [0.15, 0.2) is 6.29 Å². The summed E-state index contributed by atoms with van der Waals surface area (Å²) in [4.78, 5) is 10.1. The lowest BCUT2D eigenvalue weighted by Gasteiger charge is -2.15. The number of aryl methyl sites for hydroxylation is 1. The highest BCUT2D eigenvalue weighted by Crippen LogP contribution is 2.23. The molecule has 0 aromatic heterocycles. The Balaban J connectivity index is 2.69. The van der Waals surface area contributed by atoms with Crippen molar-refractivity contribution >= 4 is 5.69 Å². The molecule has 0 fully saturated rings. The molecule has 94 valence electrons. The van der Waals surface area contributed by atoms with Crippen LogP contribution in [0.4, 0.5) is 5.69 Å². The summed E-state index contributed by atoms with van der Waals surface area (Å²) >= 11 is 0. The van der Waals surface area contributed by atoms with Crippen LogP contribution in [0.3, 0.4) is 0 Å². The molecule has 0 saturated carbocycles. The topological polar surface area (TPSA) is 70.8 Å². The van der Waals surface area contributed by atoms with Gasteiger partial charge < -0.3 is 14.2 Å². The number of nitrogens with zero attached hydrogens (tertiary/aromatic N) is 1. The molecule has 6 heteroatoms. The molecule has 0 aliphatic rings. The van der Waals surface area contributed by atoms with Crippen molar-refractivity contribution in [2.24, 2.45) is 0 Å². The first-order valence-corrected chi connectivity index (χ1v) is 5.02. The van der Waals surface area contributed by atoms with E-state index in [1.165, 1.54) is 26.4 Å². The molecule has 6 nitrogen and oxygen atoms in total. The van der Waals surface area contributed by atoms with Crippen molar-refractivity contribution in [1.82, 2.24) is 0 Å². The smallest absolute Gasteiger partial charge is 0.269 e. The van der Waals surface area contributed by atoms with Crippen molar-refractivity contribution in [2.75, 3.05) is 20.8 Å². The summed E-state index contributed by atoms with van der Waals surface area (Å²) in [7, 11) is 3.03. The molecular weight excluding hydrogens is 226 g/mol. The van der Waals surface area contributed by atoms with Gasteiger partial charge in [-0.3, -0.25) is 10.1 Å². The fraction of sp³-hybridized carbons (Fsp3) is 0.455. The summed E-state index contributed by atoms with van der Waals surface area (Å²) in [6.07, 6.45) is -0.454. The third-order valence-electron chi connectivity index (χ3n) is 2.27. The maximum Gasteiger partial charge on any atom is 0.269 e. The van der Waals surface area contributed by atoms with E-state index >= 15 is 0 Å². The lowest BCUT2D eigenvalue weighted by atomic mass is 10.2. The van der Waals surface area contributed by atoms with Crippen LogP contribution in [0, 0.1) is 17.0 Å². The fourth-order valence-corrected chi connectivity index (χ4v) is 1.30. The largest absolute Gasteiger partial charge is 0.488 e.